The van der Waals surface area contributed by atoms with E-state index in [-0.39, 0.29) is 5.56 Å². The molecule has 1 aromatic heterocycles. The van der Waals surface area contributed by atoms with Crippen LogP contribution in [-0.2, 0) is 9.53 Å². The minimum absolute atomic E-state index is 0.254. The highest BCUT2D eigenvalue weighted by atomic mass is 79.9. The van der Waals surface area contributed by atoms with Crippen LogP contribution in [0.2, 0.25) is 0 Å². The number of ether oxygens (including phenoxy) is 3. The van der Waals surface area contributed by atoms with Gasteiger partial charge in [0.2, 0.25) is 0 Å². The fourth-order valence-electron chi connectivity index (χ4n) is 4.02. The topological polar surface area (TPSA) is 79.1 Å². The molecule has 0 aliphatic carbocycles. The van der Waals surface area contributed by atoms with E-state index in [4.69, 9.17) is 14.2 Å². The van der Waals surface area contributed by atoms with Crippen LogP contribution >= 0.6 is 27.3 Å². The number of halogens is 1. The first-order valence-electron chi connectivity index (χ1n) is 10.5. The van der Waals surface area contributed by atoms with E-state index >= 15 is 0 Å². The van der Waals surface area contributed by atoms with Crippen LogP contribution in [0.1, 0.15) is 30.5 Å². The summed E-state index contributed by atoms with van der Waals surface area (Å²) in [4.78, 5) is 31.8. The molecule has 1 aliphatic heterocycles. The van der Waals surface area contributed by atoms with Crippen LogP contribution in [0.3, 0.4) is 0 Å². The molecular weight excluding hydrogens is 520 g/mol. The molecule has 0 radical (unpaired) electrons. The van der Waals surface area contributed by atoms with E-state index < -0.39 is 12.0 Å². The molecule has 34 heavy (non-hydrogen) atoms. The smallest absolute Gasteiger partial charge is 0.338 e. The molecule has 0 bridgehead atoms. The van der Waals surface area contributed by atoms with Crippen molar-refractivity contribution < 1.29 is 19.0 Å². The molecule has 0 saturated carbocycles. The molecule has 0 amide bonds. The van der Waals surface area contributed by atoms with Gasteiger partial charge in [-0.3, -0.25) is 9.36 Å². The van der Waals surface area contributed by atoms with Crippen LogP contribution in [0.4, 0.5) is 0 Å². The van der Waals surface area contributed by atoms with Gasteiger partial charge in [-0.1, -0.05) is 64.5 Å². The first kappa shape index (κ1) is 24.0. The molecule has 7 nitrogen and oxygen atoms in total. The van der Waals surface area contributed by atoms with Crippen molar-refractivity contribution in [2.75, 3.05) is 21.3 Å². The predicted octanol–water partition coefficient (Wildman–Crippen LogP) is 3.58. The van der Waals surface area contributed by atoms with E-state index in [0.717, 1.165) is 10.0 Å². The minimum atomic E-state index is -0.638. The van der Waals surface area contributed by atoms with Gasteiger partial charge >= 0.3 is 5.97 Å². The Morgan fingerprint density at radius 2 is 1.91 bits per heavy atom. The first-order valence-corrected chi connectivity index (χ1v) is 12.1. The molecular formula is C25H23BrN2O5S. The van der Waals surface area contributed by atoms with Crippen LogP contribution in [0.5, 0.6) is 11.5 Å². The van der Waals surface area contributed by atoms with Crippen LogP contribution in [-0.4, -0.2) is 31.9 Å². The van der Waals surface area contributed by atoms with Gasteiger partial charge < -0.3 is 14.2 Å². The van der Waals surface area contributed by atoms with Crippen molar-refractivity contribution in [1.82, 2.24) is 4.57 Å². The Kier molecular flexibility index (Phi) is 7.04. The average Bonchev–Trinajstić information content (AvgIpc) is 3.16. The van der Waals surface area contributed by atoms with Crippen molar-refractivity contribution in [1.29, 1.82) is 0 Å². The molecule has 1 aliphatic rings. The third-order valence-corrected chi connectivity index (χ3v) is 6.97. The number of thiazole rings is 1. The Bertz CT molecular complexity index is 1460. The zero-order valence-electron chi connectivity index (χ0n) is 19.1. The zero-order chi connectivity index (χ0) is 24.4. The molecule has 2 heterocycles. The summed E-state index contributed by atoms with van der Waals surface area (Å²) in [5.74, 6) is 0.557. The lowest BCUT2D eigenvalue weighted by molar-refractivity contribution is -0.136. The van der Waals surface area contributed by atoms with Gasteiger partial charge in [-0.15, -0.1) is 0 Å². The molecule has 0 N–H and O–H groups in total. The summed E-state index contributed by atoms with van der Waals surface area (Å²) >= 11 is 4.75. The summed E-state index contributed by atoms with van der Waals surface area (Å²) in [7, 11) is 4.45. The summed E-state index contributed by atoms with van der Waals surface area (Å²) in [6, 6.07) is 12.4. The molecule has 2 aromatic carbocycles. The lowest BCUT2D eigenvalue weighted by Gasteiger charge is -2.25. The maximum absolute atomic E-state index is 13.7. The quantitative estimate of drug-likeness (QED) is 0.445. The summed E-state index contributed by atoms with van der Waals surface area (Å²) in [6.45, 7) is 1.93. The number of esters is 1. The number of benzene rings is 2. The number of aromatic nitrogens is 1. The first-order chi connectivity index (χ1) is 16.4. The van der Waals surface area contributed by atoms with Gasteiger partial charge in [0, 0.05) is 10.0 Å². The molecule has 0 saturated heterocycles. The predicted molar refractivity (Wildman–Crippen MR) is 134 cm³/mol. The van der Waals surface area contributed by atoms with Gasteiger partial charge in [0.15, 0.2) is 16.3 Å². The number of nitrogens with zero attached hydrogens (tertiary/aromatic N) is 2. The number of carbonyl (C=O) groups excluding carboxylic acids is 1. The number of hydrogen-bond donors (Lipinski definition) is 0. The number of carbonyl (C=O) groups is 1. The normalized spacial score (nSPS) is 15.6. The maximum atomic E-state index is 13.7. The largest absolute Gasteiger partial charge is 0.493 e. The van der Waals surface area contributed by atoms with Crippen molar-refractivity contribution in [3.63, 3.8) is 0 Å². The molecule has 4 rings (SSSR count). The molecule has 0 fully saturated rings. The van der Waals surface area contributed by atoms with Gasteiger partial charge in [0.1, 0.15) is 0 Å². The molecule has 176 valence electrons. The van der Waals surface area contributed by atoms with E-state index in [2.05, 4.69) is 20.9 Å². The summed E-state index contributed by atoms with van der Waals surface area (Å²) in [5.41, 5.74) is 2.21. The Labute approximate surface area is 208 Å². The van der Waals surface area contributed by atoms with Gasteiger partial charge in [-0.05, 0) is 30.2 Å². The zero-order valence-corrected chi connectivity index (χ0v) is 21.5. The van der Waals surface area contributed by atoms with Crippen LogP contribution < -0.4 is 24.4 Å². The van der Waals surface area contributed by atoms with Crippen LogP contribution in [0, 0.1) is 0 Å². The van der Waals surface area contributed by atoms with E-state index in [0.29, 0.717) is 44.1 Å². The molecule has 0 unspecified atom stereocenters. The monoisotopic (exact) mass is 542 g/mol. The van der Waals surface area contributed by atoms with E-state index in [1.807, 2.05) is 43.3 Å². The van der Waals surface area contributed by atoms with Crippen LogP contribution in [0.15, 0.2) is 68.0 Å². The van der Waals surface area contributed by atoms with Crippen molar-refractivity contribution in [3.05, 3.63) is 89.0 Å². The van der Waals surface area contributed by atoms with Gasteiger partial charge in [0.05, 0.1) is 43.2 Å². The highest BCUT2D eigenvalue weighted by molar-refractivity contribution is 9.10. The lowest BCUT2D eigenvalue weighted by Crippen LogP contribution is -2.40. The average molecular weight is 543 g/mol. The highest BCUT2D eigenvalue weighted by Gasteiger charge is 2.33. The number of allylic oxidation sites excluding steroid dienone is 1. The molecule has 3 aromatic rings. The van der Waals surface area contributed by atoms with E-state index in [1.54, 1.807) is 30.9 Å². The number of hydrogen-bond acceptors (Lipinski definition) is 7. The molecule has 0 spiro atoms. The minimum Gasteiger partial charge on any atom is -0.493 e. The molecule has 9 heteroatoms. The second kappa shape index (κ2) is 9.99. The Morgan fingerprint density at radius 1 is 1.18 bits per heavy atom. The van der Waals surface area contributed by atoms with Gasteiger partial charge in [-0.2, -0.15) is 0 Å². The third kappa shape index (κ3) is 4.21. The SMILES string of the molecule is CCC1=C(C(=O)OC)[C@H](c2ccccc2)n2c(s/c(=C/c3cc(Br)cc(OC)c3OC)c2=O)=N1. The number of fused-ring (bicyclic) bond motifs is 1. The van der Waals surface area contributed by atoms with Crippen molar-refractivity contribution in [2.45, 2.75) is 19.4 Å². The van der Waals surface area contributed by atoms with Gasteiger partial charge in [-0.25, -0.2) is 9.79 Å². The fourth-order valence-corrected chi connectivity index (χ4v) is 5.49. The maximum Gasteiger partial charge on any atom is 0.338 e. The van der Waals surface area contributed by atoms with E-state index in [1.165, 1.54) is 18.4 Å². The Balaban J connectivity index is 2.02. The summed E-state index contributed by atoms with van der Waals surface area (Å²) in [6.07, 6.45) is 2.28. The summed E-state index contributed by atoms with van der Waals surface area (Å²) in [5, 5.41) is 0. The third-order valence-electron chi connectivity index (χ3n) is 5.52. The van der Waals surface area contributed by atoms with Crippen molar-refractivity contribution in [2.24, 2.45) is 4.99 Å². The fraction of sp³-hybridized carbons (Fsp3) is 0.240. The number of rotatable bonds is 6. The molecule has 1 atom stereocenters. The van der Waals surface area contributed by atoms with E-state index in [9.17, 15) is 9.59 Å². The highest BCUT2D eigenvalue weighted by Crippen LogP contribution is 2.35. The van der Waals surface area contributed by atoms with Gasteiger partial charge in [0.25, 0.3) is 5.56 Å². The number of methoxy groups -OCH3 is 3. The second-order valence-electron chi connectivity index (χ2n) is 7.43. The van der Waals surface area contributed by atoms with Crippen molar-refractivity contribution >= 4 is 39.3 Å². The van der Waals surface area contributed by atoms with Crippen LogP contribution in [0.25, 0.3) is 6.08 Å². The second-order valence-corrected chi connectivity index (χ2v) is 9.35. The standard InChI is InChI=1S/C25H23BrN2O5S/c1-5-17-20(24(30)33-4)21(14-9-7-6-8-10-14)28-23(29)19(34-25(28)27-17)12-15-11-16(26)13-18(31-2)22(15)32-3/h6-13,21H,5H2,1-4H3/b19-12+/t21-/m0/s1. The Hall–Kier alpha value is -3.17. The lowest BCUT2D eigenvalue weighted by atomic mass is 9.95. The Morgan fingerprint density at radius 3 is 2.53 bits per heavy atom. The summed E-state index contributed by atoms with van der Waals surface area (Å²) < 4.78 is 18.9. The van der Waals surface area contributed by atoms with Crippen molar-refractivity contribution in [3.8, 4) is 11.5 Å².